The Balaban J connectivity index is 2.31. The number of nitro benzene ring substituents is 2. The summed E-state index contributed by atoms with van der Waals surface area (Å²) in [6, 6.07) is 6.45. The van der Waals surface area contributed by atoms with Crippen molar-refractivity contribution in [2.24, 2.45) is 5.10 Å². The number of aromatic hydroxyl groups is 1. The first-order chi connectivity index (χ1) is 11.3. The monoisotopic (exact) mass is 458 g/mol. The lowest BCUT2D eigenvalue weighted by Crippen LogP contribution is -1.99. The summed E-state index contributed by atoms with van der Waals surface area (Å²) in [7, 11) is 0. The highest BCUT2D eigenvalue weighted by atomic mass is 79.9. The van der Waals surface area contributed by atoms with Crippen LogP contribution >= 0.6 is 31.9 Å². The highest BCUT2D eigenvalue weighted by Gasteiger charge is 2.19. The van der Waals surface area contributed by atoms with Gasteiger partial charge in [-0.2, -0.15) is 5.10 Å². The molecule has 2 N–H and O–H groups in total. The van der Waals surface area contributed by atoms with Crippen molar-refractivity contribution in [2.75, 3.05) is 5.43 Å². The minimum atomic E-state index is -0.753. The molecular weight excluding hydrogens is 452 g/mol. The highest BCUT2D eigenvalue weighted by molar-refractivity contribution is 9.11. The Bertz CT molecular complexity index is 856. The summed E-state index contributed by atoms with van der Waals surface area (Å²) in [6.07, 6.45) is 1.26. The van der Waals surface area contributed by atoms with Crippen molar-refractivity contribution in [1.29, 1.82) is 0 Å². The van der Waals surface area contributed by atoms with Crippen molar-refractivity contribution < 1.29 is 15.0 Å². The molecule has 0 bridgehead atoms. The number of nitrogens with zero attached hydrogens (tertiary/aromatic N) is 3. The second-order valence-electron chi connectivity index (χ2n) is 4.38. The van der Waals surface area contributed by atoms with Crippen LogP contribution in [0.2, 0.25) is 0 Å². The molecule has 0 aromatic heterocycles. The molecule has 0 aliphatic rings. The summed E-state index contributed by atoms with van der Waals surface area (Å²) in [5.74, 6) is -0.0619. The second kappa shape index (κ2) is 7.36. The molecule has 124 valence electrons. The normalized spacial score (nSPS) is 10.8. The smallest absolute Gasteiger partial charge is 0.301 e. The zero-order valence-corrected chi connectivity index (χ0v) is 14.8. The highest BCUT2D eigenvalue weighted by Crippen LogP contribution is 2.32. The van der Waals surface area contributed by atoms with Crippen LogP contribution in [0.5, 0.6) is 5.75 Å². The predicted octanol–water partition coefficient (Wildman–Crippen LogP) is 4.18. The summed E-state index contributed by atoms with van der Waals surface area (Å²) in [4.78, 5) is 20.2. The molecule has 2 aromatic carbocycles. The van der Waals surface area contributed by atoms with Crippen LogP contribution in [-0.2, 0) is 0 Å². The van der Waals surface area contributed by atoms with Gasteiger partial charge in [0.2, 0.25) is 0 Å². The molecule has 0 unspecified atom stereocenters. The lowest BCUT2D eigenvalue weighted by Gasteiger charge is -2.05. The Morgan fingerprint density at radius 3 is 2.38 bits per heavy atom. The third kappa shape index (κ3) is 3.86. The van der Waals surface area contributed by atoms with E-state index in [4.69, 9.17) is 0 Å². The average Bonchev–Trinajstić information content (AvgIpc) is 2.54. The van der Waals surface area contributed by atoms with E-state index >= 15 is 0 Å². The number of nitrogens with one attached hydrogen (secondary N) is 1. The molecule has 0 amide bonds. The number of anilines is 1. The van der Waals surface area contributed by atoms with Crippen molar-refractivity contribution in [3.63, 3.8) is 0 Å². The molecule has 11 heteroatoms. The van der Waals surface area contributed by atoms with Gasteiger partial charge < -0.3 is 5.11 Å². The number of rotatable bonds is 5. The van der Waals surface area contributed by atoms with Crippen molar-refractivity contribution >= 4 is 55.1 Å². The summed E-state index contributed by atoms with van der Waals surface area (Å²) in [6.45, 7) is 0. The predicted molar refractivity (Wildman–Crippen MR) is 94.5 cm³/mol. The lowest BCUT2D eigenvalue weighted by molar-refractivity contribution is -0.393. The van der Waals surface area contributed by atoms with Gasteiger partial charge in [-0.05, 0) is 50.1 Å². The van der Waals surface area contributed by atoms with E-state index in [1.54, 1.807) is 12.1 Å². The Morgan fingerprint density at radius 1 is 1.08 bits per heavy atom. The third-order valence-corrected chi connectivity index (χ3v) is 4.21. The standard InChI is InChI=1S/C13H8Br2N4O5/c14-9-2-3-10(15)13(20)8(9)6-16-17-11-4-1-7(18(21)22)5-12(11)19(23)24/h1-6,17,20H. The maximum absolute atomic E-state index is 11.0. The summed E-state index contributed by atoms with van der Waals surface area (Å²) in [5, 5.41) is 35.5. The Kier molecular flexibility index (Phi) is 5.46. The van der Waals surface area contributed by atoms with Gasteiger partial charge in [-0.15, -0.1) is 0 Å². The zero-order chi connectivity index (χ0) is 17.9. The molecule has 9 nitrogen and oxygen atoms in total. The van der Waals surface area contributed by atoms with Crippen LogP contribution in [0, 0.1) is 20.2 Å². The molecule has 2 aromatic rings. The Labute approximate surface area is 151 Å². The van der Waals surface area contributed by atoms with E-state index in [0.29, 0.717) is 14.5 Å². The Hall–Kier alpha value is -2.53. The van der Waals surface area contributed by atoms with Crippen LogP contribution < -0.4 is 5.43 Å². The maximum atomic E-state index is 11.0. The molecule has 2 rings (SSSR count). The van der Waals surface area contributed by atoms with Crippen LogP contribution in [0.4, 0.5) is 17.1 Å². The van der Waals surface area contributed by atoms with E-state index in [-0.39, 0.29) is 11.4 Å². The van der Waals surface area contributed by atoms with E-state index in [2.05, 4.69) is 42.4 Å². The van der Waals surface area contributed by atoms with Crippen molar-refractivity contribution in [3.8, 4) is 5.75 Å². The molecule has 0 aliphatic carbocycles. The largest absolute Gasteiger partial charge is 0.506 e. The molecular formula is C13H8Br2N4O5. The van der Waals surface area contributed by atoms with E-state index in [1.165, 1.54) is 12.3 Å². The molecule has 24 heavy (non-hydrogen) atoms. The van der Waals surface area contributed by atoms with Gasteiger partial charge in [0.1, 0.15) is 11.4 Å². The zero-order valence-electron chi connectivity index (χ0n) is 11.6. The molecule has 0 aliphatic heterocycles. The first kappa shape index (κ1) is 17.8. The lowest BCUT2D eigenvalue weighted by atomic mass is 10.2. The van der Waals surface area contributed by atoms with Gasteiger partial charge in [0.05, 0.1) is 32.2 Å². The molecule has 0 heterocycles. The minimum Gasteiger partial charge on any atom is -0.506 e. The summed E-state index contributed by atoms with van der Waals surface area (Å²) < 4.78 is 1.01. The van der Waals surface area contributed by atoms with Gasteiger partial charge in [0, 0.05) is 10.5 Å². The number of phenolic OH excluding ortho intramolecular Hbond substituents is 1. The van der Waals surface area contributed by atoms with E-state index in [1.807, 2.05) is 0 Å². The van der Waals surface area contributed by atoms with E-state index < -0.39 is 21.2 Å². The van der Waals surface area contributed by atoms with Gasteiger partial charge in [0.15, 0.2) is 0 Å². The fraction of sp³-hybridized carbons (Fsp3) is 0. The molecule has 0 spiro atoms. The van der Waals surface area contributed by atoms with Gasteiger partial charge in [-0.3, -0.25) is 25.7 Å². The molecule has 0 saturated carbocycles. The first-order valence-corrected chi connectivity index (χ1v) is 7.78. The van der Waals surface area contributed by atoms with Gasteiger partial charge in [0.25, 0.3) is 5.69 Å². The van der Waals surface area contributed by atoms with Gasteiger partial charge in [-0.25, -0.2) is 0 Å². The number of hydrogen-bond donors (Lipinski definition) is 2. The second-order valence-corrected chi connectivity index (χ2v) is 6.09. The van der Waals surface area contributed by atoms with Crippen molar-refractivity contribution in [3.05, 3.63) is 65.1 Å². The number of benzene rings is 2. The van der Waals surface area contributed by atoms with Crippen molar-refractivity contribution in [2.45, 2.75) is 0 Å². The summed E-state index contributed by atoms with van der Waals surface area (Å²) in [5.41, 5.74) is 1.88. The average molecular weight is 460 g/mol. The fourth-order valence-electron chi connectivity index (χ4n) is 1.73. The number of halogens is 2. The van der Waals surface area contributed by atoms with E-state index in [0.717, 1.165) is 12.1 Å². The third-order valence-electron chi connectivity index (χ3n) is 2.88. The molecule has 0 atom stereocenters. The van der Waals surface area contributed by atoms with Crippen LogP contribution in [0.25, 0.3) is 0 Å². The quantitative estimate of drug-likeness (QED) is 0.391. The van der Waals surface area contributed by atoms with Gasteiger partial charge in [-0.1, -0.05) is 0 Å². The number of hydrazone groups is 1. The molecule has 0 saturated heterocycles. The number of hydrogen-bond acceptors (Lipinski definition) is 7. The minimum absolute atomic E-state index is 0.0209. The van der Waals surface area contributed by atoms with Crippen molar-refractivity contribution in [1.82, 2.24) is 0 Å². The SMILES string of the molecule is O=[N+]([O-])c1ccc(NN=Cc2c(Br)ccc(Br)c2O)c([N+](=O)[O-])c1. The first-order valence-electron chi connectivity index (χ1n) is 6.20. The summed E-state index contributed by atoms with van der Waals surface area (Å²) >= 11 is 6.41. The van der Waals surface area contributed by atoms with Gasteiger partial charge >= 0.3 is 5.69 Å². The maximum Gasteiger partial charge on any atom is 0.301 e. The number of phenols is 1. The van der Waals surface area contributed by atoms with Crippen LogP contribution in [0.3, 0.4) is 0 Å². The molecule has 0 fully saturated rings. The molecule has 0 radical (unpaired) electrons. The number of nitro groups is 2. The fourth-order valence-corrected chi connectivity index (χ4v) is 2.49. The van der Waals surface area contributed by atoms with E-state index in [9.17, 15) is 25.3 Å². The number of non-ortho nitro benzene ring substituents is 1. The van der Waals surface area contributed by atoms with Crippen LogP contribution in [0.15, 0.2) is 44.4 Å². The van der Waals surface area contributed by atoms with Crippen LogP contribution in [0.1, 0.15) is 5.56 Å². The Morgan fingerprint density at radius 2 is 1.75 bits per heavy atom. The topological polar surface area (TPSA) is 131 Å². The van der Waals surface area contributed by atoms with Crippen LogP contribution in [-0.4, -0.2) is 21.2 Å².